The quantitative estimate of drug-likeness (QED) is 0.626. The van der Waals surface area contributed by atoms with E-state index in [1.54, 1.807) is 11.8 Å². The van der Waals surface area contributed by atoms with Gasteiger partial charge in [0.25, 0.3) is 14.4 Å². The average Bonchev–Trinajstić information content (AvgIpc) is 2.36. The van der Waals surface area contributed by atoms with Crippen LogP contribution in [0.3, 0.4) is 0 Å². The average molecular weight is 273 g/mol. The van der Waals surface area contributed by atoms with Crippen molar-refractivity contribution < 1.29 is 9.32 Å². The number of carbonyl (C=O) groups is 1. The second-order valence-electron chi connectivity index (χ2n) is 3.59. The van der Waals surface area contributed by atoms with E-state index in [1.165, 1.54) is 0 Å². The highest BCUT2D eigenvalue weighted by Gasteiger charge is 2.36. The lowest BCUT2D eigenvalue weighted by molar-refractivity contribution is 0.0856. The highest BCUT2D eigenvalue weighted by molar-refractivity contribution is 7.52. The molecule has 0 N–H and O–H groups in total. The highest BCUT2D eigenvalue weighted by Crippen LogP contribution is 2.51. The van der Waals surface area contributed by atoms with Gasteiger partial charge in [-0.15, -0.1) is 11.6 Å². The molecule has 92 valence electrons. The van der Waals surface area contributed by atoms with Crippen molar-refractivity contribution in [1.29, 1.82) is 0 Å². The SMILES string of the molecule is COP1N(CCCl)C(=O)c2ccccc2N1C. The Bertz CT molecular complexity index is 430. The standard InChI is InChI=1S/C11H14ClN2O2P/c1-13-10-6-4-3-5-9(10)11(15)14(8-7-12)17(13)16-2/h3-6H,7-8H2,1-2H3. The maximum atomic E-state index is 12.3. The number of amides is 1. The number of nitrogens with zero attached hydrogens (tertiary/aromatic N) is 2. The van der Waals surface area contributed by atoms with E-state index in [0.29, 0.717) is 18.0 Å². The number of alkyl halides is 1. The molecule has 1 aliphatic rings. The fourth-order valence-corrected chi connectivity index (χ4v) is 3.84. The van der Waals surface area contributed by atoms with E-state index >= 15 is 0 Å². The molecular formula is C11H14ClN2O2P. The second kappa shape index (κ2) is 5.21. The number of rotatable bonds is 3. The maximum Gasteiger partial charge on any atom is 0.262 e. The zero-order valence-electron chi connectivity index (χ0n) is 9.76. The third-order valence-electron chi connectivity index (χ3n) is 2.64. The second-order valence-corrected chi connectivity index (χ2v) is 5.92. The number of para-hydroxylation sites is 1. The van der Waals surface area contributed by atoms with Crippen molar-refractivity contribution in [1.82, 2.24) is 4.67 Å². The Balaban J connectivity index is 2.44. The summed E-state index contributed by atoms with van der Waals surface area (Å²) in [6.45, 7) is 0.499. The summed E-state index contributed by atoms with van der Waals surface area (Å²) in [6, 6.07) is 7.55. The van der Waals surface area contributed by atoms with E-state index in [2.05, 4.69) is 0 Å². The van der Waals surface area contributed by atoms with Crippen LogP contribution < -0.4 is 4.67 Å². The monoisotopic (exact) mass is 272 g/mol. The summed E-state index contributed by atoms with van der Waals surface area (Å²) in [4.78, 5) is 12.3. The Kier molecular flexibility index (Phi) is 3.87. The molecule has 1 unspecified atom stereocenters. The van der Waals surface area contributed by atoms with Gasteiger partial charge in [0.1, 0.15) is 0 Å². The van der Waals surface area contributed by atoms with Crippen LogP contribution in [0.1, 0.15) is 10.4 Å². The van der Waals surface area contributed by atoms with Gasteiger partial charge in [0, 0.05) is 26.6 Å². The zero-order valence-corrected chi connectivity index (χ0v) is 11.4. The summed E-state index contributed by atoms with van der Waals surface area (Å²) in [7, 11) is 2.45. The Morgan fingerprint density at radius 2 is 2.12 bits per heavy atom. The van der Waals surface area contributed by atoms with E-state index < -0.39 is 8.45 Å². The number of fused-ring (bicyclic) bond motifs is 1. The van der Waals surface area contributed by atoms with Crippen LogP contribution in [0, 0.1) is 0 Å². The van der Waals surface area contributed by atoms with Crippen molar-refractivity contribution in [2.24, 2.45) is 0 Å². The zero-order chi connectivity index (χ0) is 12.4. The minimum Gasteiger partial charge on any atom is -0.326 e. The number of benzene rings is 1. The van der Waals surface area contributed by atoms with Crippen LogP contribution >= 0.6 is 20.1 Å². The molecule has 17 heavy (non-hydrogen) atoms. The molecule has 0 saturated heterocycles. The van der Waals surface area contributed by atoms with Crippen LogP contribution in [-0.4, -0.2) is 37.2 Å². The van der Waals surface area contributed by atoms with Crippen LogP contribution in [0.5, 0.6) is 0 Å². The third kappa shape index (κ3) is 2.13. The van der Waals surface area contributed by atoms with E-state index in [-0.39, 0.29) is 5.91 Å². The van der Waals surface area contributed by atoms with Gasteiger partial charge in [-0.05, 0) is 12.1 Å². The van der Waals surface area contributed by atoms with E-state index in [0.717, 1.165) is 5.69 Å². The lowest BCUT2D eigenvalue weighted by Gasteiger charge is -2.40. The Hall–Kier alpha value is -0.830. The largest absolute Gasteiger partial charge is 0.326 e. The van der Waals surface area contributed by atoms with Crippen LogP contribution in [0.25, 0.3) is 0 Å². The summed E-state index contributed by atoms with van der Waals surface area (Å²) in [5, 5.41) is 0. The van der Waals surface area contributed by atoms with Crippen LogP contribution in [0.2, 0.25) is 0 Å². The van der Waals surface area contributed by atoms with Crippen molar-refractivity contribution in [2.45, 2.75) is 0 Å². The smallest absolute Gasteiger partial charge is 0.262 e. The van der Waals surface area contributed by atoms with E-state index in [4.69, 9.17) is 16.1 Å². The van der Waals surface area contributed by atoms with Gasteiger partial charge < -0.3 is 9.19 Å². The fourth-order valence-electron chi connectivity index (χ4n) is 1.90. The molecule has 1 atom stereocenters. The van der Waals surface area contributed by atoms with Gasteiger partial charge in [0.2, 0.25) is 0 Å². The molecule has 0 spiro atoms. The summed E-state index contributed by atoms with van der Waals surface area (Å²) in [5.41, 5.74) is 1.62. The first-order valence-corrected chi connectivity index (χ1v) is 6.95. The summed E-state index contributed by atoms with van der Waals surface area (Å²) >= 11 is 5.74. The molecule has 0 saturated carbocycles. The molecule has 0 radical (unpaired) electrons. The lowest BCUT2D eigenvalue weighted by Crippen LogP contribution is -2.38. The molecule has 0 fully saturated rings. The summed E-state index contributed by atoms with van der Waals surface area (Å²) < 4.78 is 9.13. The minimum absolute atomic E-state index is 0.00712. The molecule has 4 nitrogen and oxygen atoms in total. The van der Waals surface area contributed by atoms with Crippen molar-refractivity contribution in [2.75, 3.05) is 31.3 Å². The van der Waals surface area contributed by atoms with Gasteiger partial charge in [-0.2, -0.15) is 0 Å². The first-order valence-electron chi connectivity index (χ1n) is 5.25. The van der Waals surface area contributed by atoms with Gasteiger partial charge >= 0.3 is 0 Å². The predicted octanol–water partition coefficient (Wildman–Crippen LogP) is 2.69. The van der Waals surface area contributed by atoms with Crippen molar-refractivity contribution >= 4 is 31.6 Å². The van der Waals surface area contributed by atoms with Crippen molar-refractivity contribution in [3.05, 3.63) is 29.8 Å². The summed E-state index contributed by atoms with van der Waals surface area (Å²) in [5.74, 6) is 0.400. The van der Waals surface area contributed by atoms with Crippen molar-refractivity contribution in [3.63, 3.8) is 0 Å². The Morgan fingerprint density at radius 1 is 1.41 bits per heavy atom. The molecule has 1 aromatic carbocycles. The number of hydrogen-bond donors (Lipinski definition) is 0. The van der Waals surface area contributed by atoms with Gasteiger partial charge in [-0.1, -0.05) is 12.1 Å². The lowest BCUT2D eigenvalue weighted by atomic mass is 10.1. The predicted molar refractivity (Wildman–Crippen MR) is 70.5 cm³/mol. The molecule has 2 rings (SSSR count). The highest BCUT2D eigenvalue weighted by atomic mass is 35.5. The first kappa shape index (κ1) is 12.6. The number of anilines is 1. The normalized spacial score (nSPS) is 19.5. The van der Waals surface area contributed by atoms with Crippen molar-refractivity contribution in [3.8, 4) is 0 Å². The topological polar surface area (TPSA) is 32.8 Å². The molecule has 6 heteroatoms. The molecule has 1 heterocycles. The molecule has 1 aromatic rings. The van der Waals surface area contributed by atoms with E-state index in [1.807, 2.05) is 36.0 Å². The summed E-state index contributed by atoms with van der Waals surface area (Å²) in [6.07, 6.45) is 0. The number of carbonyl (C=O) groups excluding carboxylic acids is 1. The molecule has 0 aromatic heterocycles. The molecule has 1 aliphatic heterocycles. The third-order valence-corrected chi connectivity index (χ3v) is 4.66. The number of halogens is 1. The maximum absolute atomic E-state index is 12.3. The minimum atomic E-state index is -1.09. The van der Waals surface area contributed by atoms with Gasteiger partial charge in [-0.3, -0.25) is 9.46 Å². The number of hydrogen-bond acceptors (Lipinski definition) is 3. The molecule has 0 bridgehead atoms. The van der Waals surface area contributed by atoms with E-state index in [9.17, 15) is 4.79 Å². The van der Waals surface area contributed by atoms with Gasteiger partial charge in [0.05, 0.1) is 11.3 Å². The van der Waals surface area contributed by atoms with Gasteiger partial charge in [0.15, 0.2) is 0 Å². The Morgan fingerprint density at radius 3 is 2.76 bits per heavy atom. The molecular weight excluding hydrogens is 259 g/mol. The first-order chi connectivity index (χ1) is 8.20. The van der Waals surface area contributed by atoms with Gasteiger partial charge in [-0.25, -0.2) is 0 Å². The molecule has 0 aliphatic carbocycles. The van der Waals surface area contributed by atoms with Crippen LogP contribution in [0.4, 0.5) is 5.69 Å². The fraction of sp³-hybridized carbons (Fsp3) is 0.364. The Labute approximate surface area is 107 Å². The molecule has 1 amide bonds. The van der Waals surface area contributed by atoms with Crippen LogP contribution in [0.15, 0.2) is 24.3 Å². The van der Waals surface area contributed by atoms with Crippen LogP contribution in [-0.2, 0) is 4.52 Å².